The number of halogens is 1. The monoisotopic (exact) mass is 546 g/mol. The summed E-state index contributed by atoms with van der Waals surface area (Å²) < 4.78 is 4.22. The summed E-state index contributed by atoms with van der Waals surface area (Å²) >= 11 is 2.06. The fourth-order valence-electron chi connectivity index (χ4n) is 7.64. The number of aromatic amines is 2. The van der Waals surface area contributed by atoms with Gasteiger partial charge in [0.15, 0.2) is 0 Å². The Bertz CT molecular complexity index is 1360. The van der Waals surface area contributed by atoms with Crippen LogP contribution in [-0.4, -0.2) is 28.4 Å². The van der Waals surface area contributed by atoms with Crippen LogP contribution < -0.4 is 0 Å². The number of para-hydroxylation sites is 1. The van der Waals surface area contributed by atoms with Crippen LogP contribution >= 0.6 is 22.9 Å². The van der Waals surface area contributed by atoms with Crippen LogP contribution in [-0.2, 0) is 0 Å². The Morgan fingerprint density at radius 3 is 2.27 bits per heavy atom. The third-order valence-electron chi connectivity index (χ3n) is 8.75. The van der Waals surface area contributed by atoms with Gasteiger partial charge in [0.1, 0.15) is 0 Å². The van der Waals surface area contributed by atoms with Crippen LogP contribution in [0, 0.1) is 23.7 Å². The van der Waals surface area contributed by atoms with Crippen LogP contribution in [0.1, 0.15) is 48.3 Å². The maximum Gasteiger partial charge on any atom is 0.0831 e. The highest BCUT2D eigenvalue weighted by molar-refractivity contribution is 14.1. The Hall–Kier alpha value is -2.41. The van der Waals surface area contributed by atoms with Crippen molar-refractivity contribution in [3.8, 4) is 0 Å². The van der Waals surface area contributed by atoms with Crippen molar-refractivity contribution in [3.63, 3.8) is 0 Å². The van der Waals surface area contributed by atoms with Crippen LogP contribution in [0.5, 0.6) is 0 Å². The number of nitrogens with zero attached hydrogens (tertiary/aromatic N) is 2. The van der Waals surface area contributed by atoms with Crippen LogP contribution in [0.2, 0.25) is 0 Å². The molecule has 4 bridgehead atoms. The van der Waals surface area contributed by atoms with E-state index in [1.165, 1.54) is 58.6 Å². The third kappa shape index (κ3) is 3.15. The summed E-state index contributed by atoms with van der Waals surface area (Å²) in [6.07, 6.45) is 13.5. The van der Waals surface area contributed by atoms with E-state index in [0.717, 1.165) is 23.7 Å². The van der Waals surface area contributed by atoms with Gasteiger partial charge < -0.3 is 9.97 Å². The lowest BCUT2D eigenvalue weighted by atomic mass is 9.49. The second-order valence-corrected chi connectivity index (χ2v) is 10.9. The van der Waals surface area contributed by atoms with E-state index in [1.54, 1.807) is 5.56 Å². The maximum absolute atomic E-state index is 5.23. The number of nitrogens with one attached hydrogen (secondary N) is 2. The lowest BCUT2D eigenvalue weighted by Gasteiger charge is -2.57. The molecule has 33 heavy (non-hydrogen) atoms. The molecular formula is C28H27IN4. The van der Waals surface area contributed by atoms with Gasteiger partial charge in [-0.15, -0.1) is 0 Å². The Morgan fingerprint density at radius 2 is 1.48 bits per heavy atom. The number of hydrogen-bond donors (Lipinski definition) is 2. The van der Waals surface area contributed by atoms with Gasteiger partial charge in [0.05, 0.1) is 39.9 Å². The molecule has 4 nitrogen and oxygen atoms in total. The first-order valence-electron chi connectivity index (χ1n) is 12.1. The van der Waals surface area contributed by atoms with Crippen molar-refractivity contribution >= 4 is 57.1 Å². The summed E-state index contributed by atoms with van der Waals surface area (Å²) in [6.45, 7) is 0. The first kappa shape index (κ1) is 20.0. The van der Waals surface area contributed by atoms with E-state index < -0.39 is 0 Å². The van der Waals surface area contributed by atoms with Gasteiger partial charge in [0, 0.05) is 46.7 Å². The quantitative estimate of drug-likeness (QED) is 0.204. The highest BCUT2D eigenvalue weighted by Crippen LogP contribution is 2.61. The summed E-state index contributed by atoms with van der Waals surface area (Å²) in [4.78, 5) is 12.1. The fraction of sp³-hybridized carbons (Fsp3) is 0.357. The van der Waals surface area contributed by atoms with E-state index in [2.05, 4.69) is 90.9 Å². The minimum atomic E-state index is 0.498. The van der Waals surface area contributed by atoms with Crippen LogP contribution in [0.15, 0.2) is 63.1 Å². The van der Waals surface area contributed by atoms with Crippen molar-refractivity contribution in [1.29, 1.82) is 0 Å². The average molecular weight is 546 g/mol. The molecule has 0 saturated heterocycles. The molecule has 2 N–H and O–H groups in total. The number of rotatable bonds is 4. The van der Waals surface area contributed by atoms with E-state index in [9.17, 15) is 0 Å². The number of benzene rings is 2. The molecule has 4 saturated carbocycles. The molecule has 4 aliphatic carbocycles. The molecule has 4 fully saturated rings. The molecule has 0 radical (unpaired) electrons. The van der Waals surface area contributed by atoms with Gasteiger partial charge in [-0.3, -0.25) is 4.99 Å². The van der Waals surface area contributed by atoms with E-state index in [-0.39, 0.29) is 0 Å². The van der Waals surface area contributed by atoms with Crippen LogP contribution in [0.25, 0.3) is 21.8 Å². The molecule has 0 atom stereocenters. The van der Waals surface area contributed by atoms with Crippen molar-refractivity contribution in [3.05, 3.63) is 71.5 Å². The standard InChI is InChI=1S/C28H27IN4/c29-33-15-18-4-5-23(24-7-9-31-28(18)24)25-19-10-21-12-20(25)13-22(11-19)27(21)32-14-17-3-1-2-16-6-8-30-26(16)17/h1-9,14-15,19-22,25,27,30-31H,10-13H2. The molecule has 4 aliphatic rings. The highest BCUT2D eigenvalue weighted by Gasteiger charge is 2.53. The molecule has 0 spiro atoms. The van der Waals surface area contributed by atoms with Gasteiger partial charge in [-0.1, -0.05) is 30.3 Å². The van der Waals surface area contributed by atoms with Gasteiger partial charge in [0.2, 0.25) is 0 Å². The number of aliphatic imine (C=N–C) groups is 1. The van der Waals surface area contributed by atoms with Crippen molar-refractivity contribution in [2.24, 2.45) is 31.9 Å². The molecule has 2 heterocycles. The Labute approximate surface area is 207 Å². The average Bonchev–Trinajstić information content (AvgIpc) is 3.49. The van der Waals surface area contributed by atoms with E-state index in [0.29, 0.717) is 12.0 Å². The summed E-state index contributed by atoms with van der Waals surface area (Å²) in [6, 6.07) is 16.0. The van der Waals surface area contributed by atoms with Gasteiger partial charge >= 0.3 is 0 Å². The van der Waals surface area contributed by atoms with Gasteiger partial charge in [0.25, 0.3) is 0 Å². The lowest BCUT2D eigenvalue weighted by molar-refractivity contribution is -0.0187. The Kier molecular flexibility index (Phi) is 4.74. The number of fused-ring (bicyclic) bond motifs is 2. The number of hydrogen-bond acceptors (Lipinski definition) is 2. The molecule has 0 unspecified atom stereocenters. The summed E-state index contributed by atoms with van der Waals surface area (Å²) in [7, 11) is 0. The zero-order chi connectivity index (χ0) is 21.9. The van der Waals surface area contributed by atoms with Crippen molar-refractivity contribution in [2.45, 2.75) is 37.6 Å². The first-order valence-corrected chi connectivity index (χ1v) is 13.1. The normalized spacial score (nSPS) is 31.1. The van der Waals surface area contributed by atoms with E-state index >= 15 is 0 Å². The molecule has 0 amide bonds. The Morgan fingerprint density at radius 1 is 0.758 bits per heavy atom. The molecule has 2 aromatic carbocycles. The molecule has 0 aliphatic heterocycles. The lowest BCUT2D eigenvalue weighted by Crippen LogP contribution is -2.51. The van der Waals surface area contributed by atoms with E-state index in [4.69, 9.17) is 4.99 Å². The second-order valence-electron chi connectivity index (χ2n) is 10.3. The molecule has 4 aromatic rings. The summed E-state index contributed by atoms with van der Waals surface area (Å²) in [5, 5.41) is 2.66. The summed E-state index contributed by atoms with van der Waals surface area (Å²) in [5.41, 5.74) is 6.40. The zero-order valence-corrected chi connectivity index (χ0v) is 20.6. The first-order chi connectivity index (χ1) is 16.3. The number of H-pyrrole nitrogens is 2. The topological polar surface area (TPSA) is 56.3 Å². The molecular weight excluding hydrogens is 519 g/mol. The zero-order valence-electron chi connectivity index (χ0n) is 18.4. The predicted molar refractivity (Wildman–Crippen MR) is 145 cm³/mol. The molecule has 166 valence electrons. The SMILES string of the molecule is IN=Cc1ccc(C2C3CC4CC2CC(C3)C4N=Cc2cccc3cc[nH]c23)c2cc[nH]c12. The van der Waals surface area contributed by atoms with Crippen molar-refractivity contribution < 1.29 is 0 Å². The van der Waals surface area contributed by atoms with Crippen LogP contribution in [0.3, 0.4) is 0 Å². The van der Waals surface area contributed by atoms with E-state index in [1.807, 2.05) is 12.4 Å². The molecule has 2 aromatic heterocycles. The predicted octanol–water partition coefficient (Wildman–Crippen LogP) is 7.06. The Balaban J connectivity index is 1.17. The van der Waals surface area contributed by atoms with Gasteiger partial charge in [-0.2, -0.15) is 0 Å². The minimum Gasteiger partial charge on any atom is -0.361 e. The molecule has 5 heteroatoms. The second kappa shape index (κ2) is 7.83. The highest BCUT2D eigenvalue weighted by atomic mass is 127. The number of aromatic nitrogens is 2. The summed E-state index contributed by atoms with van der Waals surface area (Å²) in [5.74, 6) is 3.78. The van der Waals surface area contributed by atoms with Gasteiger partial charge in [-0.05, 0) is 73.0 Å². The van der Waals surface area contributed by atoms with Gasteiger partial charge in [-0.25, -0.2) is 3.21 Å². The third-order valence-corrected chi connectivity index (χ3v) is 9.02. The van der Waals surface area contributed by atoms with Crippen molar-refractivity contribution in [2.75, 3.05) is 0 Å². The minimum absolute atomic E-state index is 0.498. The fourth-order valence-corrected chi connectivity index (χ4v) is 7.94. The largest absolute Gasteiger partial charge is 0.361 e. The smallest absolute Gasteiger partial charge is 0.0831 e. The molecule has 8 rings (SSSR count). The van der Waals surface area contributed by atoms with Crippen molar-refractivity contribution in [1.82, 2.24) is 9.97 Å². The maximum atomic E-state index is 5.23. The van der Waals surface area contributed by atoms with Crippen LogP contribution in [0.4, 0.5) is 0 Å².